The lowest BCUT2D eigenvalue weighted by atomic mass is 9.65. The Morgan fingerprint density at radius 2 is 1.23 bits per heavy atom. The highest BCUT2D eigenvalue weighted by atomic mass is 16.6. The van der Waals surface area contributed by atoms with Crippen molar-refractivity contribution in [1.82, 2.24) is 0 Å². The summed E-state index contributed by atoms with van der Waals surface area (Å²) in [5, 5.41) is 0. The first kappa shape index (κ1) is 24.4. The molecule has 0 aromatic rings. The summed E-state index contributed by atoms with van der Waals surface area (Å²) >= 11 is 0. The number of rotatable bonds is 11. The predicted molar refractivity (Wildman–Crippen MR) is 96.4 cm³/mol. The van der Waals surface area contributed by atoms with Crippen molar-refractivity contribution >= 4 is 17.9 Å². The van der Waals surface area contributed by atoms with Crippen LogP contribution < -0.4 is 0 Å². The summed E-state index contributed by atoms with van der Waals surface area (Å²) in [4.78, 5) is 37.2. The second-order valence-electron chi connectivity index (χ2n) is 7.82. The molecule has 0 aliphatic carbocycles. The van der Waals surface area contributed by atoms with Gasteiger partial charge in [0.2, 0.25) is 0 Å². The quantitative estimate of drug-likeness (QED) is 0.312. The van der Waals surface area contributed by atoms with Crippen LogP contribution in [0.1, 0.15) is 53.9 Å². The molecule has 0 fully saturated rings. The van der Waals surface area contributed by atoms with E-state index < -0.39 is 34.2 Å². The van der Waals surface area contributed by atoms with E-state index in [2.05, 4.69) is 0 Å². The van der Waals surface area contributed by atoms with Crippen molar-refractivity contribution in [2.75, 3.05) is 34.5 Å². The van der Waals surface area contributed by atoms with Crippen LogP contribution in [0, 0.1) is 16.2 Å². The summed E-state index contributed by atoms with van der Waals surface area (Å²) in [5.41, 5.74) is -2.87. The van der Waals surface area contributed by atoms with Crippen molar-refractivity contribution in [2.45, 2.75) is 53.9 Å². The van der Waals surface area contributed by atoms with Crippen LogP contribution in [0.25, 0.3) is 0 Å². The maximum Gasteiger partial charge on any atom is 0.311 e. The minimum absolute atomic E-state index is 0.141. The number of carbonyl (C=O) groups is 3. The molecular weight excluding hydrogens is 340 g/mol. The summed E-state index contributed by atoms with van der Waals surface area (Å²) in [7, 11) is 4.14. The van der Waals surface area contributed by atoms with Crippen molar-refractivity contribution in [3.05, 3.63) is 0 Å². The minimum Gasteiger partial charge on any atom is -0.469 e. The van der Waals surface area contributed by atoms with Gasteiger partial charge < -0.3 is 18.9 Å². The van der Waals surface area contributed by atoms with Crippen LogP contribution in [-0.2, 0) is 33.3 Å². The summed E-state index contributed by atoms with van der Waals surface area (Å²) in [6.45, 7) is 9.19. The maximum absolute atomic E-state index is 12.6. The highest BCUT2D eigenvalue weighted by molar-refractivity contribution is 5.82. The predicted octanol–water partition coefficient (Wildman–Crippen LogP) is 2.75. The van der Waals surface area contributed by atoms with Gasteiger partial charge in [-0.3, -0.25) is 14.4 Å². The molecule has 0 aromatic carbocycles. The number of esters is 3. The smallest absolute Gasteiger partial charge is 0.311 e. The molecule has 152 valence electrons. The van der Waals surface area contributed by atoms with E-state index in [1.807, 2.05) is 6.92 Å². The molecule has 0 amide bonds. The summed E-state index contributed by atoms with van der Waals surface area (Å²) < 4.78 is 20.0. The molecule has 0 rings (SSSR count). The molecule has 2 atom stereocenters. The van der Waals surface area contributed by atoms with Crippen molar-refractivity contribution in [2.24, 2.45) is 16.2 Å². The lowest BCUT2D eigenvalue weighted by Gasteiger charge is -2.39. The number of ether oxygens (including phenoxy) is 4. The van der Waals surface area contributed by atoms with Gasteiger partial charge >= 0.3 is 17.9 Å². The fourth-order valence-electron chi connectivity index (χ4n) is 3.36. The van der Waals surface area contributed by atoms with E-state index in [1.165, 1.54) is 21.3 Å². The standard InChI is InChI=1S/C19H34O7/c1-9-18(4,15(21)24-7)13-19(5,16(22)25-8)12-17(2,3)14(20)26-11-10-23-6/h9-13H2,1-8H3. The Kier molecular flexibility index (Phi) is 9.28. The van der Waals surface area contributed by atoms with Gasteiger partial charge in [-0.2, -0.15) is 0 Å². The summed E-state index contributed by atoms with van der Waals surface area (Å²) in [6, 6.07) is 0. The Morgan fingerprint density at radius 3 is 1.65 bits per heavy atom. The summed E-state index contributed by atoms with van der Waals surface area (Å²) in [5.74, 6) is -1.30. The van der Waals surface area contributed by atoms with Gasteiger partial charge in [-0.25, -0.2) is 0 Å². The molecule has 0 saturated heterocycles. The first-order valence-corrected chi connectivity index (χ1v) is 8.75. The van der Waals surface area contributed by atoms with E-state index in [0.29, 0.717) is 13.0 Å². The molecule has 0 N–H and O–H groups in total. The number of hydrogen-bond acceptors (Lipinski definition) is 7. The van der Waals surface area contributed by atoms with Crippen LogP contribution >= 0.6 is 0 Å². The van der Waals surface area contributed by atoms with Gasteiger partial charge in [0.25, 0.3) is 0 Å². The van der Waals surface area contributed by atoms with Gasteiger partial charge in [0.05, 0.1) is 37.1 Å². The highest BCUT2D eigenvalue weighted by Crippen LogP contribution is 2.45. The molecule has 0 aliphatic heterocycles. The molecule has 0 radical (unpaired) electrons. The molecule has 0 heterocycles. The zero-order valence-electron chi connectivity index (χ0n) is 17.4. The van der Waals surface area contributed by atoms with Crippen molar-refractivity contribution in [3.8, 4) is 0 Å². The lowest BCUT2D eigenvalue weighted by Crippen LogP contribution is -2.44. The molecule has 0 saturated carbocycles. The minimum atomic E-state index is -1.06. The zero-order valence-corrected chi connectivity index (χ0v) is 17.4. The van der Waals surface area contributed by atoms with Crippen LogP contribution in [-0.4, -0.2) is 52.5 Å². The highest BCUT2D eigenvalue weighted by Gasteiger charge is 2.49. The molecule has 0 bridgehead atoms. The Labute approximate surface area is 156 Å². The van der Waals surface area contributed by atoms with E-state index >= 15 is 0 Å². The largest absolute Gasteiger partial charge is 0.469 e. The number of carbonyl (C=O) groups excluding carboxylic acids is 3. The monoisotopic (exact) mass is 374 g/mol. The number of hydrogen-bond donors (Lipinski definition) is 0. The van der Waals surface area contributed by atoms with Gasteiger partial charge in [0, 0.05) is 7.11 Å². The van der Waals surface area contributed by atoms with E-state index in [1.54, 1.807) is 27.7 Å². The maximum atomic E-state index is 12.6. The van der Waals surface area contributed by atoms with Crippen LogP contribution in [0.5, 0.6) is 0 Å². The fraction of sp³-hybridized carbons (Fsp3) is 0.842. The normalized spacial score (nSPS) is 16.2. The fourth-order valence-corrected chi connectivity index (χ4v) is 3.36. The molecule has 0 aromatic heterocycles. The average Bonchev–Trinajstić information content (AvgIpc) is 2.59. The zero-order chi connectivity index (χ0) is 20.6. The van der Waals surface area contributed by atoms with Gasteiger partial charge in [0.15, 0.2) is 0 Å². The Morgan fingerprint density at radius 1 is 0.731 bits per heavy atom. The van der Waals surface area contributed by atoms with Crippen LogP contribution in [0.4, 0.5) is 0 Å². The first-order chi connectivity index (χ1) is 11.9. The van der Waals surface area contributed by atoms with E-state index in [-0.39, 0.29) is 19.4 Å². The second kappa shape index (κ2) is 9.90. The van der Waals surface area contributed by atoms with Crippen LogP contribution in [0.2, 0.25) is 0 Å². The Bertz CT molecular complexity index is 500. The Balaban J connectivity index is 5.56. The third kappa shape index (κ3) is 6.27. The SMILES string of the molecule is CCC(C)(CC(C)(CC(C)(C)C(=O)OCCOC)C(=O)OC)C(=O)OC. The molecule has 0 aliphatic rings. The molecule has 7 nitrogen and oxygen atoms in total. The molecule has 26 heavy (non-hydrogen) atoms. The summed E-state index contributed by atoms with van der Waals surface area (Å²) in [6.07, 6.45) is 0.862. The van der Waals surface area contributed by atoms with E-state index in [9.17, 15) is 14.4 Å². The average molecular weight is 374 g/mol. The Hall–Kier alpha value is -1.63. The molecular formula is C19H34O7. The lowest BCUT2D eigenvalue weighted by molar-refractivity contribution is -0.166. The molecule has 2 unspecified atom stereocenters. The molecule has 0 spiro atoms. The van der Waals surface area contributed by atoms with Crippen molar-refractivity contribution in [1.29, 1.82) is 0 Å². The van der Waals surface area contributed by atoms with Gasteiger partial charge in [0.1, 0.15) is 6.61 Å². The van der Waals surface area contributed by atoms with Crippen molar-refractivity contribution < 1.29 is 33.3 Å². The van der Waals surface area contributed by atoms with E-state index in [4.69, 9.17) is 18.9 Å². The third-order valence-electron chi connectivity index (χ3n) is 4.82. The topological polar surface area (TPSA) is 88.1 Å². The van der Waals surface area contributed by atoms with Crippen molar-refractivity contribution in [3.63, 3.8) is 0 Å². The van der Waals surface area contributed by atoms with E-state index in [0.717, 1.165) is 0 Å². The molecule has 7 heteroatoms. The van der Waals surface area contributed by atoms with Gasteiger partial charge in [-0.15, -0.1) is 0 Å². The second-order valence-corrected chi connectivity index (χ2v) is 7.82. The van der Waals surface area contributed by atoms with Gasteiger partial charge in [-0.1, -0.05) is 6.92 Å². The first-order valence-electron chi connectivity index (χ1n) is 8.75. The van der Waals surface area contributed by atoms with Crippen LogP contribution in [0.15, 0.2) is 0 Å². The van der Waals surface area contributed by atoms with Gasteiger partial charge in [-0.05, 0) is 47.0 Å². The number of methoxy groups -OCH3 is 3. The van der Waals surface area contributed by atoms with Crippen LogP contribution in [0.3, 0.4) is 0 Å². The third-order valence-corrected chi connectivity index (χ3v) is 4.82.